The van der Waals surface area contributed by atoms with E-state index in [-0.39, 0.29) is 0 Å². The topological polar surface area (TPSA) is 84.7 Å². The molecule has 2 heterocycles. The summed E-state index contributed by atoms with van der Waals surface area (Å²) < 4.78 is 11.3. The number of guanidine groups is 1. The molecule has 2 aromatic carbocycles. The number of anilines is 1. The number of nitrogens with zero attached hydrogens (tertiary/aromatic N) is 1. The van der Waals surface area contributed by atoms with Crippen LogP contribution in [-0.4, -0.2) is 30.7 Å². The molecule has 134 valence electrons. The van der Waals surface area contributed by atoms with Crippen LogP contribution >= 0.6 is 0 Å². The lowest BCUT2D eigenvalue weighted by atomic mass is 10.2. The monoisotopic (exact) mass is 350 g/mol. The minimum absolute atomic E-state index is 0.385. The predicted octanol–water partition coefficient (Wildman–Crippen LogP) is 3.30. The number of benzene rings is 2. The summed E-state index contributed by atoms with van der Waals surface area (Å²) in [7, 11) is 0. The molecule has 6 heteroatoms. The third-order valence-corrected chi connectivity index (χ3v) is 4.27. The van der Waals surface area contributed by atoms with E-state index in [1.54, 1.807) is 0 Å². The van der Waals surface area contributed by atoms with Gasteiger partial charge >= 0.3 is 0 Å². The maximum atomic E-state index is 6.01. The Hall–Kier alpha value is -3.15. The fourth-order valence-electron chi connectivity index (χ4n) is 2.99. The number of nitrogens with one attached hydrogen (secondary N) is 2. The van der Waals surface area contributed by atoms with Crippen molar-refractivity contribution in [1.29, 1.82) is 0 Å². The number of aliphatic imine (C=N–C) groups is 1. The van der Waals surface area contributed by atoms with Gasteiger partial charge in [-0.1, -0.05) is 18.2 Å². The van der Waals surface area contributed by atoms with Crippen molar-refractivity contribution in [3.8, 4) is 11.5 Å². The van der Waals surface area contributed by atoms with Gasteiger partial charge < -0.3 is 25.5 Å². The lowest BCUT2D eigenvalue weighted by Gasteiger charge is -2.10. The Labute approximate surface area is 152 Å². The van der Waals surface area contributed by atoms with Gasteiger partial charge in [0.25, 0.3) is 0 Å². The van der Waals surface area contributed by atoms with Gasteiger partial charge in [0.1, 0.15) is 0 Å². The number of H-pyrrole nitrogens is 1. The average Bonchev–Trinajstić information content (AvgIpc) is 2.91. The summed E-state index contributed by atoms with van der Waals surface area (Å²) in [4.78, 5) is 7.80. The van der Waals surface area contributed by atoms with Gasteiger partial charge in [-0.2, -0.15) is 0 Å². The first kappa shape index (κ1) is 16.3. The molecule has 6 nitrogen and oxygen atoms in total. The van der Waals surface area contributed by atoms with Crippen molar-refractivity contribution in [3.63, 3.8) is 0 Å². The second kappa shape index (κ2) is 7.39. The molecule has 0 atom stereocenters. The van der Waals surface area contributed by atoms with Gasteiger partial charge in [-0.25, -0.2) is 0 Å². The zero-order chi connectivity index (χ0) is 17.8. The maximum absolute atomic E-state index is 6.01. The molecule has 3 aromatic rings. The first-order valence-corrected chi connectivity index (χ1v) is 8.81. The minimum atomic E-state index is 0.385. The first-order chi connectivity index (χ1) is 12.8. The Morgan fingerprint density at radius 2 is 1.92 bits per heavy atom. The molecule has 0 saturated heterocycles. The molecule has 0 bridgehead atoms. The normalized spacial score (nSPS) is 14.2. The highest BCUT2D eigenvalue weighted by molar-refractivity contribution is 5.92. The summed E-state index contributed by atoms with van der Waals surface area (Å²) in [6.45, 7) is 1.94. The Morgan fingerprint density at radius 1 is 1.08 bits per heavy atom. The molecule has 1 aromatic heterocycles. The molecule has 4 N–H and O–H groups in total. The van der Waals surface area contributed by atoms with Crippen molar-refractivity contribution in [2.45, 2.75) is 12.8 Å². The molecular formula is C20H22N4O2. The Balaban J connectivity index is 1.36. The minimum Gasteiger partial charge on any atom is -0.490 e. The molecule has 0 saturated carbocycles. The zero-order valence-electron chi connectivity index (χ0n) is 14.5. The van der Waals surface area contributed by atoms with E-state index in [0.717, 1.165) is 41.2 Å². The zero-order valence-corrected chi connectivity index (χ0v) is 14.5. The molecule has 0 aliphatic carbocycles. The Bertz CT molecular complexity index is 899. The standard InChI is InChI=1S/C20H22N4O2/c21-20(22-9-8-16-12-14-4-1-2-5-17(14)23-16)24-15-6-7-18-19(13-15)26-11-3-10-25-18/h1-2,4-7,12-13,23H,3,8-11H2,(H3,21,22,24). The number of ether oxygens (including phenoxy) is 2. The predicted molar refractivity (Wildman–Crippen MR) is 104 cm³/mol. The van der Waals surface area contributed by atoms with Gasteiger partial charge in [0.05, 0.1) is 13.2 Å². The van der Waals surface area contributed by atoms with Crippen LogP contribution in [0, 0.1) is 0 Å². The van der Waals surface area contributed by atoms with E-state index >= 15 is 0 Å². The van der Waals surface area contributed by atoms with E-state index in [1.165, 1.54) is 5.39 Å². The summed E-state index contributed by atoms with van der Waals surface area (Å²) in [5.74, 6) is 1.89. The van der Waals surface area contributed by atoms with Crippen LogP contribution in [-0.2, 0) is 6.42 Å². The summed E-state index contributed by atoms with van der Waals surface area (Å²) in [6.07, 6.45) is 1.69. The van der Waals surface area contributed by atoms with Gasteiger partial charge in [0.15, 0.2) is 17.5 Å². The van der Waals surface area contributed by atoms with Crippen molar-refractivity contribution < 1.29 is 9.47 Å². The number of hydrogen-bond donors (Lipinski definition) is 3. The van der Waals surface area contributed by atoms with Gasteiger partial charge in [-0.15, -0.1) is 0 Å². The molecule has 0 radical (unpaired) electrons. The number of hydrogen-bond acceptors (Lipinski definition) is 3. The van der Waals surface area contributed by atoms with Crippen LogP contribution in [0.1, 0.15) is 12.1 Å². The van der Waals surface area contributed by atoms with Crippen LogP contribution in [0.2, 0.25) is 0 Å². The van der Waals surface area contributed by atoms with Crippen LogP contribution in [0.3, 0.4) is 0 Å². The number of aromatic nitrogens is 1. The van der Waals surface area contributed by atoms with E-state index in [9.17, 15) is 0 Å². The molecule has 0 fully saturated rings. The lowest BCUT2D eigenvalue weighted by molar-refractivity contribution is 0.297. The second-order valence-electron chi connectivity index (χ2n) is 6.24. The van der Waals surface area contributed by atoms with E-state index in [0.29, 0.717) is 25.7 Å². The third-order valence-electron chi connectivity index (χ3n) is 4.27. The highest BCUT2D eigenvalue weighted by Gasteiger charge is 2.10. The van der Waals surface area contributed by atoms with E-state index in [2.05, 4.69) is 33.5 Å². The Kier molecular flexibility index (Phi) is 4.64. The summed E-state index contributed by atoms with van der Waals surface area (Å²) in [5, 5.41) is 4.32. The summed E-state index contributed by atoms with van der Waals surface area (Å²) in [5.41, 5.74) is 9.14. The quantitative estimate of drug-likeness (QED) is 0.498. The fourth-order valence-corrected chi connectivity index (χ4v) is 2.99. The fraction of sp³-hybridized carbons (Fsp3) is 0.250. The Morgan fingerprint density at radius 3 is 2.81 bits per heavy atom. The van der Waals surface area contributed by atoms with Crippen LogP contribution in [0.5, 0.6) is 11.5 Å². The second-order valence-corrected chi connectivity index (χ2v) is 6.24. The van der Waals surface area contributed by atoms with Crippen molar-refractivity contribution >= 4 is 22.5 Å². The highest BCUT2D eigenvalue weighted by Crippen LogP contribution is 2.32. The number of rotatable bonds is 4. The van der Waals surface area contributed by atoms with Crippen LogP contribution in [0.25, 0.3) is 10.9 Å². The molecule has 1 aliphatic rings. The van der Waals surface area contributed by atoms with Gasteiger partial charge in [-0.3, -0.25) is 4.99 Å². The van der Waals surface area contributed by atoms with Gasteiger partial charge in [0.2, 0.25) is 0 Å². The molecule has 0 spiro atoms. The SMILES string of the molecule is NC(=NCCc1cc2ccccc2[nH]1)Nc1ccc2c(c1)OCCCO2. The molecule has 1 aliphatic heterocycles. The summed E-state index contributed by atoms with van der Waals surface area (Å²) >= 11 is 0. The third kappa shape index (κ3) is 3.74. The lowest BCUT2D eigenvalue weighted by Crippen LogP contribution is -2.23. The van der Waals surface area contributed by atoms with E-state index < -0.39 is 0 Å². The number of aromatic amines is 1. The largest absolute Gasteiger partial charge is 0.490 e. The first-order valence-electron chi connectivity index (χ1n) is 8.81. The van der Waals surface area contributed by atoms with Gasteiger partial charge in [0, 0.05) is 42.4 Å². The molecule has 26 heavy (non-hydrogen) atoms. The molecular weight excluding hydrogens is 328 g/mol. The highest BCUT2D eigenvalue weighted by atomic mass is 16.5. The van der Waals surface area contributed by atoms with Crippen molar-refractivity contribution in [2.24, 2.45) is 10.7 Å². The maximum Gasteiger partial charge on any atom is 0.193 e. The average molecular weight is 350 g/mol. The van der Waals surface area contributed by atoms with Crippen LogP contribution in [0.15, 0.2) is 53.5 Å². The molecule has 0 amide bonds. The van der Waals surface area contributed by atoms with Crippen molar-refractivity contribution in [3.05, 3.63) is 54.2 Å². The smallest absolute Gasteiger partial charge is 0.193 e. The van der Waals surface area contributed by atoms with Crippen molar-refractivity contribution in [2.75, 3.05) is 25.1 Å². The van der Waals surface area contributed by atoms with Crippen LogP contribution in [0.4, 0.5) is 5.69 Å². The molecule has 4 rings (SSSR count). The number of fused-ring (bicyclic) bond motifs is 2. The van der Waals surface area contributed by atoms with Gasteiger partial charge in [-0.05, 0) is 29.7 Å². The van der Waals surface area contributed by atoms with E-state index in [1.807, 2.05) is 30.3 Å². The number of para-hydroxylation sites is 1. The van der Waals surface area contributed by atoms with E-state index in [4.69, 9.17) is 15.2 Å². The van der Waals surface area contributed by atoms with Crippen molar-refractivity contribution in [1.82, 2.24) is 4.98 Å². The molecule has 0 unspecified atom stereocenters. The van der Waals surface area contributed by atoms with Crippen LogP contribution < -0.4 is 20.5 Å². The summed E-state index contributed by atoms with van der Waals surface area (Å²) in [6, 6.07) is 16.1. The number of nitrogens with two attached hydrogens (primary N) is 1.